The highest BCUT2D eigenvalue weighted by Gasteiger charge is 2.46. The van der Waals surface area contributed by atoms with Gasteiger partial charge in [-0.05, 0) is 51.0 Å². The molecule has 0 aliphatic carbocycles. The summed E-state index contributed by atoms with van der Waals surface area (Å²) in [6.07, 6.45) is 2.82. The Morgan fingerprint density at radius 3 is 2.46 bits per heavy atom. The molecular formula is C21H31N3O2. The minimum atomic E-state index is -0.0547. The number of likely N-dealkylation sites (N-methyl/N-ethyl adjacent to an activating group) is 1. The SMILES string of the molecule is CCN1CC2(CCN(C(=O)NC(C)C)CC2)C[C@@H](c2ccccc2)C1=O. The molecule has 2 saturated heterocycles. The Balaban J connectivity index is 1.74. The first kappa shape index (κ1) is 18.7. The fourth-order valence-corrected chi connectivity index (χ4v) is 4.39. The molecule has 2 aliphatic rings. The van der Waals surface area contributed by atoms with E-state index in [-0.39, 0.29) is 29.3 Å². The molecule has 5 heteroatoms. The number of amides is 3. The van der Waals surface area contributed by atoms with Gasteiger partial charge >= 0.3 is 6.03 Å². The van der Waals surface area contributed by atoms with Crippen molar-refractivity contribution in [1.82, 2.24) is 15.1 Å². The first-order chi connectivity index (χ1) is 12.4. The average molecular weight is 357 g/mol. The summed E-state index contributed by atoms with van der Waals surface area (Å²) in [7, 11) is 0. The quantitative estimate of drug-likeness (QED) is 0.903. The van der Waals surface area contributed by atoms with Gasteiger partial charge in [-0.3, -0.25) is 4.79 Å². The Labute approximate surface area is 156 Å². The van der Waals surface area contributed by atoms with Crippen LogP contribution in [-0.4, -0.2) is 54.0 Å². The van der Waals surface area contributed by atoms with Crippen LogP contribution in [0.4, 0.5) is 4.79 Å². The van der Waals surface area contributed by atoms with E-state index in [1.54, 1.807) is 0 Å². The van der Waals surface area contributed by atoms with Crippen molar-refractivity contribution in [2.45, 2.75) is 52.0 Å². The number of piperidine rings is 2. The molecular weight excluding hydrogens is 326 g/mol. The van der Waals surface area contributed by atoms with E-state index in [0.29, 0.717) is 0 Å². The lowest BCUT2D eigenvalue weighted by atomic mass is 9.67. The second kappa shape index (κ2) is 7.68. The molecule has 3 amide bonds. The van der Waals surface area contributed by atoms with E-state index < -0.39 is 0 Å². The predicted molar refractivity (Wildman–Crippen MR) is 103 cm³/mol. The molecule has 1 N–H and O–H groups in total. The lowest BCUT2D eigenvalue weighted by Gasteiger charge is -2.49. The monoisotopic (exact) mass is 357 g/mol. The maximum Gasteiger partial charge on any atom is 0.317 e. The molecule has 1 spiro atoms. The summed E-state index contributed by atoms with van der Waals surface area (Å²) in [5.74, 6) is 0.199. The van der Waals surface area contributed by atoms with Crippen LogP contribution in [0.3, 0.4) is 0 Å². The molecule has 142 valence electrons. The Morgan fingerprint density at radius 2 is 1.88 bits per heavy atom. The second-order valence-corrected chi connectivity index (χ2v) is 8.11. The van der Waals surface area contributed by atoms with Gasteiger partial charge in [0.15, 0.2) is 0 Å². The summed E-state index contributed by atoms with van der Waals surface area (Å²) in [6, 6.07) is 10.4. The minimum absolute atomic E-state index is 0.0358. The van der Waals surface area contributed by atoms with E-state index in [2.05, 4.69) is 24.4 Å². The van der Waals surface area contributed by atoms with Gasteiger partial charge in [-0.25, -0.2) is 4.79 Å². The van der Waals surface area contributed by atoms with E-state index in [1.807, 2.05) is 41.8 Å². The molecule has 0 aromatic heterocycles. The van der Waals surface area contributed by atoms with Crippen LogP contribution >= 0.6 is 0 Å². The van der Waals surface area contributed by atoms with Gasteiger partial charge in [0.1, 0.15) is 0 Å². The third-order valence-electron chi connectivity index (χ3n) is 5.88. The Hall–Kier alpha value is -2.04. The highest BCUT2D eigenvalue weighted by atomic mass is 16.2. The summed E-state index contributed by atoms with van der Waals surface area (Å²) >= 11 is 0. The van der Waals surface area contributed by atoms with E-state index in [1.165, 1.54) is 0 Å². The number of nitrogens with one attached hydrogen (secondary N) is 1. The molecule has 5 nitrogen and oxygen atoms in total. The van der Waals surface area contributed by atoms with Gasteiger partial charge in [0.2, 0.25) is 5.91 Å². The topological polar surface area (TPSA) is 52.6 Å². The van der Waals surface area contributed by atoms with Crippen LogP contribution in [0.25, 0.3) is 0 Å². The smallest absolute Gasteiger partial charge is 0.317 e. The minimum Gasteiger partial charge on any atom is -0.342 e. The van der Waals surface area contributed by atoms with Crippen molar-refractivity contribution < 1.29 is 9.59 Å². The zero-order valence-electron chi connectivity index (χ0n) is 16.2. The molecule has 26 heavy (non-hydrogen) atoms. The zero-order valence-corrected chi connectivity index (χ0v) is 16.2. The predicted octanol–water partition coefficient (Wildman–Crippen LogP) is 3.22. The molecule has 0 radical (unpaired) electrons. The maximum absolute atomic E-state index is 12.9. The van der Waals surface area contributed by atoms with Crippen molar-refractivity contribution in [3.05, 3.63) is 35.9 Å². The fourth-order valence-electron chi connectivity index (χ4n) is 4.39. The van der Waals surface area contributed by atoms with E-state index >= 15 is 0 Å². The largest absolute Gasteiger partial charge is 0.342 e. The number of benzene rings is 1. The lowest BCUT2D eigenvalue weighted by Crippen LogP contribution is -2.55. The van der Waals surface area contributed by atoms with Crippen LogP contribution in [-0.2, 0) is 4.79 Å². The van der Waals surface area contributed by atoms with Crippen LogP contribution in [0.5, 0.6) is 0 Å². The summed E-state index contributed by atoms with van der Waals surface area (Å²) in [4.78, 5) is 29.2. The Kier molecular flexibility index (Phi) is 5.54. The normalized spacial score (nSPS) is 22.8. The molecule has 1 aromatic carbocycles. The van der Waals surface area contributed by atoms with E-state index in [4.69, 9.17) is 0 Å². The first-order valence-corrected chi connectivity index (χ1v) is 9.83. The lowest BCUT2D eigenvalue weighted by molar-refractivity contribution is -0.141. The number of nitrogens with zero attached hydrogens (tertiary/aromatic N) is 2. The summed E-state index contributed by atoms with van der Waals surface area (Å²) in [6.45, 7) is 9.15. The summed E-state index contributed by atoms with van der Waals surface area (Å²) in [5.41, 5.74) is 1.24. The number of rotatable bonds is 3. The molecule has 1 aromatic rings. The zero-order chi connectivity index (χ0) is 18.7. The maximum atomic E-state index is 12.9. The first-order valence-electron chi connectivity index (χ1n) is 9.83. The molecule has 3 rings (SSSR count). The molecule has 0 unspecified atom stereocenters. The van der Waals surface area contributed by atoms with Gasteiger partial charge in [0, 0.05) is 32.2 Å². The molecule has 2 heterocycles. The average Bonchev–Trinajstić information content (AvgIpc) is 2.64. The third kappa shape index (κ3) is 3.87. The van der Waals surface area contributed by atoms with Gasteiger partial charge < -0.3 is 15.1 Å². The highest BCUT2D eigenvalue weighted by Crippen LogP contribution is 2.45. The van der Waals surface area contributed by atoms with Crippen molar-refractivity contribution >= 4 is 11.9 Å². The molecule has 1 atom stereocenters. The van der Waals surface area contributed by atoms with Crippen molar-refractivity contribution in [2.75, 3.05) is 26.2 Å². The highest BCUT2D eigenvalue weighted by molar-refractivity contribution is 5.84. The standard InChI is InChI=1S/C21H31N3O2/c1-4-23-15-21(10-12-24(13-11-21)20(26)22-16(2)3)14-18(19(23)25)17-8-6-5-7-9-17/h5-9,16,18H,4,10-15H2,1-3H3,(H,22,26)/t18-/m0/s1. The van der Waals surface area contributed by atoms with Crippen molar-refractivity contribution in [3.63, 3.8) is 0 Å². The van der Waals surface area contributed by atoms with Gasteiger partial charge in [0.05, 0.1) is 5.92 Å². The van der Waals surface area contributed by atoms with Crippen LogP contribution in [0.1, 0.15) is 51.5 Å². The number of carbonyl (C=O) groups is 2. The van der Waals surface area contributed by atoms with Crippen LogP contribution in [0.15, 0.2) is 30.3 Å². The third-order valence-corrected chi connectivity index (χ3v) is 5.88. The Bertz CT molecular complexity index is 636. The molecule has 0 bridgehead atoms. The van der Waals surface area contributed by atoms with E-state index in [9.17, 15) is 9.59 Å². The number of carbonyl (C=O) groups excluding carboxylic acids is 2. The van der Waals surface area contributed by atoms with Gasteiger partial charge in [-0.2, -0.15) is 0 Å². The number of hydrogen-bond acceptors (Lipinski definition) is 2. The van der Waals surface area contributed by atoms with Gasteiger partial charge in [-0.1, -0.05) is 30.3 Å². The second-order valence-electron chi connectivity index (χ2n) is 8.11. The van der Waals surface area contributed by atoms with Crippen LogP contribution in [0.2, 0.25) is 0 Å². The van der Waals surface area contributed by atoms with Crippen LogP contribution < -0.4 is 5.32 Å². The summed E-state index contributed by atoms with van der Waals surface area (Å²) < 4.78 is 0. The molecule has 0 saturated carbocycles. The fraction of sp³-hybridized carbons (Fsp3) is 0.619. The van der Waals surface area contributed by atoms with Crippen LogP contribution in [0, 0.1) is 5.41 Å². The number of hydrogen-bond donors (Lipinski definition) is 1. The van der Waals surface area contributed by atoms with Crippen molar-refractivity contribution in [1.29, 1.82) is 0 Å². The number of urea groups is 1. The van der Waals surface area contributed by atoms with Crippen molar-refractivity contribution in [2.24, 2.45) is 5.41 Å². The van der Waals surface area contributed by atoms with Gasteiger partial charge in [-0.15, -0.1) is 0 Å². The number of likely N-dealkylation sites (tertiary alicyclic amines) is 2. The summed E-state index contributed by atoms with van der Waals surface area (Å²) in [5, 5.41) is 2.99. The van der Waals surface area contributed by atoms with Crippen molar-refractivity contribution in [3.8, 4) is 0 Å². The molecule has 2 aliphatic heterocycles. The van der Waals surface area contributed by atoms with E-state index in [0.717, 1.165) is 51.0 Å². The Morgan fingerprint density at radius 1 is 1.23 bits per heavy atom. The van der Waals surface area contributed by atoms with Gasteiger partial charge in [0.25, 0.3) is 0 Å². The molecule has 2 fully saturated rings.